The fraction of sp³-hybridized carbons (Fsp3) is 0.524. The lowest BCUT2D eigenvalue weighted by Gasteiger charge is -2.19. The molecule has 0 saturated carbocycles. The van der Waals surface area contributed by atoms with Crippen LogP contribution in [-0.2, 0) is 31.2 Å². The molecule has 8 nitrogen and oxygen atoms in total. The topological polar surface area (TPSA) is 113 Å². The summed E-state index contributed by atoms with van der Waals surface area (Å²) < 4.78 is 7.22. The Morgan fingerprint density at radius 3 is 2.70 bits per heavy atom. The summed E-state index contributed by atoms with van der Waals surface area (Å²) in [6.07, 6.45) is 4.75. The smallest absolute Gasteiger partial charge is 0.348 e. The summed E-state index contributed by atoms with van der Waals surface area (Å²) in [5.74, 6) is -0.870. The van der Waals surface area contributed by atoms with E-state index in [4.69, 9.17) is 10.5 Å². The fourth-order valence-corrected chi connectivity index (χ4v) is 4.91. The lowest BCUT2D eigenvalue weighted by molar-refractivity contribution is 0.0479. The third-order valence-electron chi connectivity index (χ3n) is 5.61. The van der Waals surface area contributed by atoms with Gasteiger partial charge in [0.15, 0.2) is 6.61 Å². The van der Waals surface area contributed by atoms with Gasteiger partial charge in [-0.15, -0.1) is 11.3 Å². The van der Waals surface area contributed by atoms with Crippen molar-refractivity contribution in [2.24, 2.45) is 13.0 Å². The van der Waals surface area contributed by atoms with Crippen molar-refractivity contribution >= 4 is 28.9 Å². The summed E-state index contributed by atoms with van der Waals surface area (Å²) >= 11 is 1.40. The molecule has 0 aliphatic heterocycles. The van der Waals surface area contributed by atoms with Crippen LogP contribution in [0.25, 0.3) is 0 Å². The van der Waals surface area contributed by atoms with Gasteiger partial charge in [0.2, 0.25) is 5.78 Å². The van der Waals surface area contributed by atoms with Crippen LogP contribution in [0, 0.1) is 5.92 Å². The Balaban J connectivity index is 1.77. The van der Waals surface area contributed by atoms with Gasteiger partial charge in [-0.2, -0.15) is 0 Å². The van der Waals surface area contributed by atoms with Crippen molar-refractivity contribution in [3.63, 3.8) is 0 Å². The van der Waals surface area contributed by atoms with Gasteiger partial charge in [0.05, 0.1) is 0 Å². The predicted octanol–water partition coefficient (Wildman–Crippen LogP) is 2.16. The zero-order chi connectivity index (χ0) is 22.0. The van der Waals surface area contributed by atoms with E-state index >= 15 is 0 Å². The number of carbonyl (C=O) groups is 2. The van der Waals surface area contributed by atoms with Crippen LogP contribution in [0.4, 0.5) is 5.82 Å². The maximum Gasteiger partial charge on any atom is 0.348 e. The van der Waals surface area contributed by atoms with Gasteiger partial charge in [-0.3, -0.25) is 18.7 Å². The first-order valence-corrected chi connectivity index (χ1v) is 11.0. The Bertz CT molecular complexity index is 1100. The van der Waals surface area contributed by atoms with Crippen LogP contribution in [0.3, 0.4) is 0 Å². The van der Waals surface area contributed by atoms with Gasteiger partial charge in [-0.05, 0) is 43.2 Å². The minimum Gasteiger partial charge on any atom is -0.453 e. The monoisotopic (exact) mass is 433 g/mol. The Morgan fingerprint density at radius 2 is 2.03 bits per heavy atom. The van der Waals surface area contributed by atoms with Crippen LogP contribution < -0.4 is 17.0 Å². The second-order valence-corrected chi connectivity index (χ2v) is 8.77. The van der Waals surface area contributed by atoms with Crippen molar-refractivity contribution in [1.82, 2.24) is 9.13 Å². The molecule has 3 rings (SSSR count). The van der Waals surface area contributed by atoms with E-state index in [1.165, 1.54) is 33.4 Å². The molecule has 1 aliphatic carbocycles. The Kier molecular flexibility index (Phi) is 6.60. The van der Waals surface area contributed by atoms with Gasteiger partial charge in [-0.1, -0.05) is 20.3 Å². The molecule has 30 heavy (non-hydrogen) atoms. The molecule has 0 saturated heterocycles. The first-order valence-electron chi connectivity index (χ1n) is 10.2. The van der Waals surface area contributed by atoms with Crippen LogP contribution in [0.1, 0.15) is 63.6 Å². The number of nitrogens with two attached hydrogens (primary N) is 1. The molecule has 2 N–H and O–H groups in total. The lowest BCUT2D eigenvalue weighted by atomic mass is 9.87. The van der Waals surface area contributed by atoms with Gasteiger partial charge in [0.25, 0.3) is 5.56 Å². The van der Waals surface area contributed by atoms with Crippen molar-refractivity contribution in [3.05, 3.63) is 47.8 Å². The number of carbonyl (C=O) groups excluding carboxylic acids is 2. The van der Waals surface area contributed by atoms with Crippen LogP contribution in [-0.4, -0.2) is 27.5 Å². The molecule has 2 heterocycles. The highest BCUT2D eigenvalue weighted by Crippen LogP contribution is 2.33. The zero-order valence-electron chi connectivity index (χ0n) is 17.5. The number of Topliss-reactive ketones (excluding diaryl/α,β-unsaturated/α-hetero) is 1. The lowest BCUT2D eigenvalue weighted by Crippen LogP contribution is -2.43. The highest BCUT2D eigenvalue weighted by Gasteiger charge is 2.25. The minimum atomic E-state index is -0.789. The van der Waals surface area contributed by atoms with Crippen molar-refractivity contribution in [2.45, 2.75) is 52.5 Å². The maximum absolute atomic E-state index is 12.6. The number of anilines is 1. The first-order chi connectivity index (χ1) is 14.3. The average Bonchev–Trinajstić information content (AvgIpc) is 3.17. The molecule has 1 aliphatic rings. The molecule has 0 radical (unpaired) electrons. The van der Waals surface area contributed by atoms with Crippen LogP contribution in [0.5, 0.6) is 0 Å². The standard InChI is InChI=1S/C21H27N3O5S/c1-4-8-24-18(22)17(19(26)23(3)21(24)28)14(25)11-29-20(27)16-10-13-9-12(5-2)6-7-15(13)30-16/h10,12H,4-9,11,22H2,1-3H3. The SMILES string of the molecule is CCCn1c(N)c(C(=O)COC(=O)c2cc3c(s2)CCC(CC)C3)c(=O)n(C)c1=O. The van der Waals surface area contributed by atoms with E-state index < -0.39 is 29.6 Å². The van der Waals surface area contributed by atoms with Crippen LogP contribution >= 0.6 is 11.3 Å². The number of esters is 1. The van der Waals surface area contributed by atoms with E-state index in [-0.39, 0.29) is 17.9 Å². The molecular formula is C21H27N3O5S. The van der Waals surface area contributed by atoms with Gasteiger partial charge < -0.3 is 10.5 Å². The Hall–Kier alpha value is -2.68. The Morgan fingerprint density at radius 1 is 1.30 bits per heavy atom. The molecule has 0 aromatic carbocycles. The van der Waals surface area contributed by atoms with E-state index in [0.717, 1.165) is 30.3 Å². The molecule has 0 fully saturated rings. The zero-order valence-corrected chi connectivity index (χ0v) is 18.3. The van der Waals surface area contributed by atoms with E-state index in [9.17, 15) is 19.2 Å². The van der Waals surface area contributed by atoms with Crippen molar-refractivity contribution in [3.8, 4) is 0 Å². The highest BCUT2D eigenvalue weighted by atomic mass is 32.1. The number of hydrogen-bond donors (Lipinski definition) is 1. The molecule has 162 valence electrons. The molecular weight excluding hydrogens is 406 g/mol. The third-order valence-corrected chi connectivity index (χ3v) is 6.82. The number of hydrogen-bond acceptors (Lipinski definition) is 7. The number of rotatable bonds is 7. The summed E-state index contributed by atoms with van der Waals surface area (Å²) in [7, 11) is 1.29. The molecule has 0 amide bonds. The summed E-state index contributed by atoms with van der Waals surface area (Å²) in [6, 6.07) is 1.85. The minimum absolute atomic E-state index is 0.191. The highest BCUT2D eigenvalue weighted by molar-refractivity contribution is 7.14. The summed E-state index contributed by atoms with van der Waals surface area (Å²) in [4.78, 5) is 51.4. The molecule has 0 spiro atoms. The number of thiophene rings is 1. The summed E-state index contributed by atoms with van der Waals surface area (Å²) in [5.41, 5.74) is 5.43. The van der Waals surface area contributed by atoms with E-state index in [2.05, 4.69) is 6.92 Å². The number of nitrogen functional groups attached to an aromatic ring is 1. The predicted molar refractivity (Wildman–Crippen MR) is 115 cm³/mol. The second kappa shape index (κ2) is 8.99. The number of ether oxygens (including phenoxy) is 1. The van der Waals surface area contributed by atoms with E-state index in [1.54, 1.807) is 0 Å². The number of ketones is 1. The fourth-order valence-electron chi connectivity index (χ4n) is 3.81. The molecule has 9 heteroatoms. The molecule has 0 bridgehead atoms. The van der Waals surface area contributed by atoms with Crippen molar-refractivity contribution < 1.29 is 14.3 Å². The normalized spacial score (nSPS) is 15.6. The number of aryl methyl sites for hydroxylation is 1. The van der Waals surface area contributed by atoms with Gasteiger partial charge in [-0.25, -0.2) is 9.59 Å². The summed E-state index contributed by atoms with van der Waals surface area (Å²) in [6.45, 7) is 3.69. The summed E-state index contributed by atoms with van der Waals surface area (Å²) in [5, 5.41) is 0. The van der Waals surface area contributed by atoms with Gasteiger partial charge >= 0.3 is 11.7 Å². The second-order valence-electron chi connectivity index (χ2n) is 7.63. The molecule has 2 aromatic heterocycles. The Labute approximate surface area is 178 Å². The number of aromatic nitrogens is 2. The third kappa shape index (κ3) is 4.12. The van der Waals surface area contributed by atoms with Crippen molar-refractivity contribution in [2.75, 3.05) is 12.3 Å². The molecule has 1 unspecified atom stereocenters. The average molecular weight is 434 g/mol. The van der Waals surface area contributed by atoms with E-state index in [1.807, 2.05) is 13.0 Å². The molecule has 2 aromatic rings. The van der Waals surface area contributed by atoms with Crippen LogP contribution in [0.15, 0.2) is 15.7 Å². The van der Waals surface area contributed by atoms with Gasteiger partial charge in [0, 0.05) is 18.5 Å². The number of fused-ring (bicyclic) bond motifs is 1. The van der Waals surface area contributed by atoms with E-state index in [0.29, 0.717) is 17.2 Å². The van der Waals surface area contributed by atoms with Crippen molar-refractivity contribution in [1.29, 1.82) is 0 Å². The first kappa shape index (κ1) is 22.0. The van der Waals surface area contributed by atoms with Crippen LogP contribution in [0.2, 0.25) is 0 Å². The number of nitrogens with zero attached hydrogens (tertiary/aromatic N) is 2. The largest absolute Gasteiger partial charge is 0.453 e. The molecule has 1 atom stereocenters. The van der Waals surface area contributed by atoms with Gasteiger partial charge in [0.1, 0.15) is 16.3 Å². The maximum atomic E-state index is 12.6. The quantitative estimate of drug-likeness (QED) is 0.529.